The van der Waals surface area contributed by atoms with Gasteiger partial charge in [-0.05, 0) is 36.2 Å². The van der Waals surface area contributed by atoms with Crippen LogP contribution in [0.5, 0.6) is 17.2 Å². The van der Waals surface area contributed by atoms with Gasteiger partial charge in [0.1, 0.15) is 28.9 Å². The van der Waals surface area contributed by atoms with E-state index in [2.05, 4.69) is 10.6 Å². The summed E-state index contributed by atoms with van der Waals surface area (Å²) in [7, 11) is 3.07. The van der Waals surface area contributed by atoms with Gasteiger partial charge in [0.05, 0.1) is 19.9 Å². The summed E-state index contributed by atoms with van der Waals surface area (Å²) >= 11 is 0. The van der Waals surface area contributed by atoms with Gasteiger partial charge in [-0.25, -0.2) is 0 Å². The highest BCUT2D eigenvalue weighted by Gasteiger charge is 2.10. The van der Waals surface area contributed by atoms with Crippen LogP contribution < -0.4 is 20.1 Å². The first-order chi connectivity index (χ1) is 13.1. The van der Waals surface area contributed by atoms with Gasteiger partial charge in [0.15, 0.2) is 0 Å². The predicted octanol–water partition coefficient (Wildman–Crippen LogP) is 2.59. The van der Waals surface area contributed by atoms with Crippen molar-refractivity contribution in [1.82, 2.24) is 5.32 Å². The summed E-state index contributed by atoms with van der Waals surface area (Å²) in [5, 5.41) is 24.1. The minimum Gasteiger partial charge on any atom is -0.508 e. The van der Waals surface area contributed by atoms with Gasteiger partial charge in [0, 0.05) is 18.8 Å². The van der Waals surface area contributed by atoms with Crippen molar-refractivity contribution in [3.05, 3.63) is 59.8 Å². The molecule has 2 aromatic carbocycles. The normalized spacial score (nSPS) is 10.6. The number of methoxy groups -OCH3 is 2. The van der Waals surface area contributed by atoms with Crippen molar-refractivity contribution in [3.63, 3.8) is 0 Å². The third-order valence-corrected chi connectivity index (χ3v) is 3.78. The van der Waals surface area contributed by atoms with Crippen LogP contribution in [-0.4, -0.2) is 31.8 Å². The molecule has 2 rings (SSSR count). The van der Waals surface area contributed by atoms with E-state index in [1.54, 1.807) is 49.6 Å². The van der Waals surface area contributed by atoms with Crippen LogP contribution in [-0.2, 0) is 11.2 Å². The number of carbonyl (C=O) groups excluding carboxylic acids is 1. The molecule has 0 aliphatic rings. The molecule has 7 nitrogen and oxygen atoms in total. The number of phenolic OH excluding ortho intramolecular Hbond substituents is 1. The summed E-state index contributed by atoms with van der Waals surface area (Å²) in [6.45, 7) is 0.366. The van der Waals surface area contributed by atoms with Crippen molar-refractivity contribution in [1.29, 1.82) is 5.26 Å². The van der Waals surface area contributed by atoms with Gasteiger partial charge in [-0.2, -0.15) is 5.26 Å². The molecule has 1 amide bonds. The lowest BCUT2D eigenvalue weighted by molar-refractivity contribution is -0.117. The molecule has 27 heavy (non-hydrogen) atoms. The number of aromatic hydroxyl groups is 1. The smallest absolute Gasteiger partial charge is 0.263 e. The number of hydrogen-bond acceptors (Lipinski definition) is 6. The zero-order chi connectivity index (χ0) is 19.6. The third kappa shape index (κ3) is 5.68. The maximum atomic E-state index is 12.2. The highest BCUT2D eigenvalue weighted by molar-refractivity contribution is 5.97. The molecule has 0 unspecified atom stereocenters. The van der Waals surface area contributed by atoms with Gasteiger partial charge in [-0.15, -0.1) is 0 Å². The number of amides is 1. The van der Waals surface area contributed by atoms with E-state index < -0.39 is 5.91 Å². The monoisotopic (exact) mass is 367 g/mol. The first-order valence-corrected chi connectivity index (χ1v) is 8.22. The summed E-state index contributed by atoms with van der Waals surface area (Å²) in [5.74, 6) is 0.878. The first-order valence-electron chi connectivity index (χ1n) is 8.22. The van der Waals surface area contributed by atoms with Gasteiger partial charge in [-0.1, -0.05) is 12.1 Å². The number of nitriles is 1. The number of rotatable bonds is 8. The number of ether oxygens (including phenoxy) is 2. The van der Waals surface area contributed by atoms with E-state index in [1.165, 1.54) is 13.3 Å². The van der Waals surface area contributed by atoms with E-state index in [0.717, 1.165) is 5.56 Å². The second kappa shape index (κ2) is 9.73. The van der Waals surface area contributed by atoms with E-state index in [0.29, 0.717) is 30.2 Å². The molecule has 7 heteroatoms. The number of carbonyl (C=O) groups is 1. The third-order valence-electron chi connectivity index (χ3n) is 3.78. The minimum absolute atomic E-state index is 0.0643. The Balaban J connectivity index is 1.97. The van der Waals surface area contributed by atoms with Crippen LogP contribution in [0.15, 0.2) is 54.2 Å². The summed E-state index contributed by atoms with van der Waals surface area (Å²) in [6.07, 6.45) is 1.91. The second-order valence-electron chi connectivity index (χ2n) is 5.55. The zero-order valence-electron chi connectivity index (χ0n) is 15.2. The Hall–Kier alpha value is -3.66. The molecule has 0 atom stereocenters. The predicted molar refractivity (Wildman–Crippen MR) is 102 cm³/mol. The van der Waals surface area contributed by atoms with E-state index in [1.807, 2.05) is 6.07 Å². The molecule has 2 aromatic rings. The van der Waals surface area contributed by atoms with E-state index in [9.17, 15) is 15.2 Å². The number of nitrogens with one attached hydrogen (secondary N) is 2. The molecule has 0 spiro atoms. The van der Waals surface area contributed by atoms with Gasteiger partial charge in [0.2, 0.25) is 0 Å². The summed E-state index contributed by atoms with van der Waals surface area (Å²) < 4.78 is 10.4. The largest absolute Gasteiger partial charge is 0.508 e. The maximum absolute atomic E-state index is 12.2. The number of nitrogens with zero attached hydrogens (tertiary/aromatic N) is 1. The lowest BCUT2D eigenvalue weighted by Gasteiger charge is -2.10. The highest BCUT2D eigenvalue weighted by Crippen LogP contribution is 2.29. The van der Waals surface area contributed by atoms with Gasteiger partial charge in [0.25, 0.3) is 5.91 Å². The molecule has 0 bridgehead atoms. The number of phenols is 1. The molecular weight excluding hydrogens is 346 g/mol. The number of anilines is 1. The topological polar surface area (TPSA) is 104 Å². The van der Waals surface area contributed by atoms with Crippen LogP contribution >= 0.6 is 0 Å². The lowest BCUT2D eigenvalue weighted by atomic mass is 10.1. The molecule has 0 radical (unpaired) electrons. The van der Waals surface area contributed by atoms with Crippen LogP contribution in [0, 0.1) is 11.3 Å². The average molecular weight is 367 g/mol. The van der Waals surface area contributed by atoms with Gasteiger partial charge >= 0.3 is 0 Å². The number of hydrogen-bond donors (Lipinski definition) is 3. The van der Waals surface area contributed by atoms with E-state index in [4.69, 9.17) is 9.47 Å². The molecule has 140 valence electrons. The maximum Gasteiger partial charge on any atom is 0.263 e. The van der Waals surface area contributed by atoms with Crippen molar-refractivity contribution in [3.8, 4) is 23.3 Å². The summed E-state index contributed by atoms with van der Waals surface area (Å²) in [4.78, 5) is 12.2. The van der Waals surface area contributed by atoms with Crippen LogP contribution in [0.2, 0.25) is 0 Å². The molecule has 0 saturated carbocycles. The Bertz CT molecular complexity index is 855. The van der Waals surface area contributed by atoms with E-state index in [-0.39, 0.29) is 11.3 Å². The Morgan fingerprint density at radius 2 is 1.93 bits per heavy atom. The SMILES string of the molecule is COc1ccc(OC)c(N/C=C(/C#N)C(=O)NCCc2ccc(O)cc2)c1. The Kier molecular flexibility index (Phi) is 7.08. The van der Waals surface area contributed by atoms with Crippen LogP contribution in [0.1, 0.15) is 5.56 Å². The van der Waals surface area contributed by atoms with Crippen molar-refractivity contribution >= 4 is 11.6 Å². The van der Waals surface area contributed by atoms with Crippen LogP contribution in [0.25, 0.3) is 0 Å². The fourth-order valence-electron chi connectivity index (χ4n) is 2.30. The Morgan fingerprint density at radius 3 is 2.56 bits per heavy atom. The van der Waals surface area contributed by atoms with Crippen LogP contribution in [0.3, 0.4) is 0 Å². The highest BCUT2D eigenvalue weighted by atomic mass is 16.5. The first kappa shape index (κ1) is 19.7. The second-order valence-corrected chi connectivity index (χ2v) is 5.55. The molecule has 0 heterocycles. The summed E-state index contributed by atoms with van der Waals surface area (Å²) in [6, 6.07) is 13.8. The molecule has 0 aliphatic carbocycles. The van der Waals surface area contributed by atoms with Gasteiger partial charge < -0.3 is 25.2 Å². The molecule has 0 aromatic heterocycles. The Morgan fingerprint density at radius 1 is 1.19 bits per heavy atom. The standard InChI is InChI=1S/C20H21N3O4/c1-26-17-7-8-19(27-2)18(11-17)23-13-15(12-21)20(25)22-10-9-14-3-5-16(24)6-4-14/h3-8,11,13,23-24H,9-10H2,1-2H3,(H,22,25)/b15-13-. The molecular formula is C20H21N3O4. The average Bonchev–Trinajstić information content (AvgIpc) is 2.69. The van der Waals surface area contributed by atoms with Crippen molar-refractivity contribution in [2.45, 2.75) is 6.42 Å². The quantitative estimate of drug-likeness (QED) is 0.489. The fourth-order valence-corrected chi connectivity index (χ4v) is 2.30. The van der Waals surface area contributed by atoms with Crippen LogP contribution in [0.4, 0.5) is 5.69 Å². The fraction of sp³-hybridized carbons (Fsp3) is 0.200. The number of benzene rings is 2. The zero-order valence-corrected chi connectivity index (χ0v) is 15.2. The minimum atomic E-state index is -0.481. The lowest BCUT2D eigenvalue weighted by Crippen LogP contribution is -2.27. The molecule has 0 fully saturated rings. The van der Waals surface area contributed by atoms with E-state index >= 15 is 0 Å². The molecule has 0 aliphatic heterocycles. The van der Waals surface area contributed by atoms with Gasteiger partial charge in [-0.3, -0.25) is 4.79 Å². The molecule has 0 saturated heterocycles. The van der Waals surface area contributed by atoms with Crippen molar-refractivity contribution < 1.29 is 19.4 Å². The Labute approximate surface area is 157 Å². The molecule has 3 N–H and O–H groups in total. The summed E-state index contributed by atoms with van der Waals surface area (Å²) in [5.41, 5.74) is 1.47. The van der Waals surface area contributed by atoms with Crippen molar-refractivity contribution in [2.75, 3.05) is 26.1 Å². The van der Waals surface area contributed by atoms with Crippen molar-refractivity contribution in [2.24, 2.45) is 0 Å².